The molecular weight excluding hydrogens is 236 g/mol. The number of thiocarbonyl (C=S) groups is 1. The quantitative estimate of drug-likeness (QED) is 0.762. The highest BCUT2D eigenvalue weighted by Gasteiger charge is 2.06. The number of carbonyl (C=O) groups excluding carboxylic acids is 1. The van der Waals surface area contributed by atoms with E-state index in [4.69, 9.17) is 12.2 Å². The van der Waals surface area contributed by atoms with Gasteiger partial charge in [0.25, 0.3) is 0 Å². The standard InChI is InChI=1S/C7H10N4O2S2/c1-3-4-10-11-6(15-4)8-5(14)9-7(12)13-2/h3H2,1-2H3,(H2,8,9,11,12,14). The fourth-order valence-electron chi connectivity index (χ4n) is 0.719. The molecule has 0 bridgehead atoms. The first-order valence-electron chi connectivity index (χ1n) is 4.14. The molecule has 1 amide bonds. The van der Waals surface area contributed by atoms with Crippen LogP contribution < -0.4 is 10.6 Å². The number of carbonyl (C=O) groups is 1. The minimum Gasteiger partial charge on any atom is -0.453 e. The number of anilines is 1. The summed E-state index contributed by atoms with van der Waals surface area (Å²) in [5, 5.41) is 14.3. The average molecular weight is 246 g/mol. The fraction of sp³-hybridized carbons (Fsp3) is 0.429. The van der Waals surface area contributed by atoms with Gasteiger partial charge in [0.05, 0.1) is 7.11 Å². The highest BCUT2D eigenvalue weighted by atomic mass is 32.1. The van der Waals surface area contributed by atoms with Crippen molar-refractivity contribution < 1.29 is 9.53 Å². The molecule has 0 saturated heterocycles. The third-order valence-electron chi connectivity index (χ3n) is 1.39. The van der Waals surface area contributed by atoms with Crippen molar-refractivity contribution in [3.63, 3.8) is 0 Å². The van der Waals surface area contributed by atoms with E-state index in [2.05, 4.69) is 25.6 Å². The van der Waals surface area contributed by atoms with Crippen LogP contribution in [0.25, 0.3) is 0 Å². The summed E-state index contributed by atoms with van der Waals surface area (Å²) in [4.78, 5) is 10.8. The molecule has 0 spiro atoms. The first-order chi connectivity index (χ1) is 7.15. The van der Waals surface area contributed by atoms with E-state index >= 15 is 0 Å². The highest BCUT2D eigenvalue weighted by molar-refractivity contribution is 7.80. The van der Waals surface area contributed by atoms with E-state index in [-0.39, 0.29) is 5.11 Å². The van der Waals surface area contributed by atoms with Gasteiger partial charge in [0, 0.05) is 0 Å². The molecular formula is C7H10N4O2S2. The Labute approximate surface area is 96.0 Å². The molecule has 0 unspecified atom stereocenters. The maximum absolute atomic E-state index is 10.8. The van der Waals surface area contributed by atoms with Gasteiger partial charge in [-0.25, -0.2) is 4.79 Å². The fourth-order valence-corrected chi connectivity index (χ4v) is 1.65. The molecule has 0 aromatic carbocycles. The van der Waals surface area contributed by atoms with E-state index in [0.29, 0.717) is 5.13 Å². The molecule has 6 nitrogen and oxygen atoms in total. The number of hydrogen-bond donors (Lipinski definition) is 2. The third-order valence-corrected chi connectivity index (χ3v) is 2.58. The topological polar surface area (TPSA) is 76.1 Å². The summed E-state index contributed by atoms with van der Waals surface area (Å²) in [7, 11) is 1.26. The van der Waals surface area contributed by atoms with E-state index < -0.39 is 6.09 Å². The summed E-state index contributed by atoms with van der Waals surface area (Å²) in [5.74, 6) is 0. The van der Waals surface area contributed by atoms with Gasteiger partial charge in [0.1, 0.15) is 5.01 Å². The number of hydrogen-bond acceptors (Lipinski definition) is 6. The Hall–Kier alpha value is -1.28. The van der Waals surface area contributed by atoms with Gasteiger partial charge in [-0.05, 0) is 18.6 Å². The number of rotatable bonds is 2. The second-order valence-corrected chi connectivity index (χ2v) is 3.90. The lowest BCUT2D eigenvalue weighted by atomic mass is 10.5. The third kappa shape index (κ3) is 3.76. The Morgan fingerprint density at radius 2 is 2.33 bits per heavy atom. The Balaban J connectivity index is 2.47. The van der Waals surface area contributed by atoms with Gasteiger partial charge in [-0.2, -0.15) is 0 Å². The summed E-state index contributed by atoms with van der Waals surface area (Å²) in [6.45, 7) is 1.98. The first-order valence-corrected chi connectivity index (χ1v) is 5.36. The van der Waals surface area contributed by atoms with Crippen molar-refractivity contribution in [2.24, 2.45) is 0 Å². The predicted molar refractivity (Wildman–Crippen MR) is 61.0 cm³/mol. The van der Waals surface area contributed by atoms with Gasteiger partial charge in [0.15, 0.2) is 5.11 Å². The molecule has 1 aromatic rings. The number of nitrogens with zero attached hydrogens (tertiary/aromatic N) is 2. The van der Waals surface area contributed by atoms with Crippen LogP contribution in [-0.2, 0) is 11.2 Å². The normalized spacial score (nSPS) is 9.47. The summed E-state index contributed by atoms with van der Waals surface area (Å²) in [6.07, 6.45) is 0.198. The lowest BCUT2D eigenvalue weighted by molar-refractivity contribution is 0.177. The van der Waals surface area contributed by atoms with Crippen molar-refractivity contribution in [2.45, 2.75) is 13.3 Å². The molecule has 0 fully saturated rings. The molecule has 0 saturated carbocycles. The van der Waals surface area contributed by atoms with Crippen molar-refractivity contribution in [3.8, 4) is 0 Å². The Morgan fingerprint density at radius 1 is 1.60 bits per heavy atom. The molecule has 0 aliphatic rings. The number of aryl methyl sites for hydroxylation is 1. The van der Waals surface area contributed by atoms with E-state index in [0.717, 1.165) is 11.4 Å². The molecule has 0 atom stereocenters. The van der Waals surface area contributed by atoms with Crippen LogP contribution >= 0.6 is 23.6 Å². The Kier molecular flexibility index (Phi) is 4.37. The Bertz CT molecular complexity index is 366. The van der Waals surface area contributed by atoms with Crippen LogP contribution in [0.4, 0.5) is 9.93 Å². The van der Waals surface area contributed by atoms with Crippen molar-refractivity contribution >= 4 is 39.9 Å². The van der Waals surface area contributed by atoms with E-state index in [1.54, 1.807) is 0 Å². The van der Waals surface area contributed by atoms with Gasteiger partial charge < -0.3 is 10.1 Å². The van der Waals surface area contributed by atoms with Gasteiger partial charge >= 0.3 is 6.09 Å². The maximum atomic E-state index is 10.8. The van der Waals surface area contributed by atoms with Crippen LogP contribution in [0, 0.1) is 0 Å². The number of aromatic nitrogens is 2. The van der Waals surface area contributed by atoms with Crippen molar-refractivity contribution in [1.82, 2.24) is 15.5 Å². The lowest BCUT2D eigenvalue weighted by Gasteiger charge is -2.04. The second kappa shape index (κ2) is 5.56. The number of nitrogens with one attached hydrogen (secondary N) is 2. The number of methoxy groups -OCH3 is 1. The molecule has 2 N–H and O–H groups in total. The van der Waals surface area contributed by atoms with Crippen molar-refractivity contribution in [1.29, 1.82) is 0 Å². The maximum Gasteiger partial charge on any atom is 0.413 e. The number of amides is 1. The molecule has 15 heavy (non-hydrogen) atoms. The second-order valence-electron chi connectivity index (χ2n) is 2.43. The van der Waals surface area contributed by atoms with Crippen LogP contribution in [0.3, 0.4) is 0 Å². The zero-order valence-corrected chi connectivity index (χ0v) is 9.87. The zero-order valence-electron chi connectivity index (χ0n) is 8.23. The SMILES string of the molecule is CCc1nnc(NC(=S)NC(=O)OC)s1. The van der Waals surface area contributed by atoms with Crippen LogP contribution in [0.15, 0.2) is 0 Å². The van der Waals surface area contributed by atoms with Crippen molar-refractivity contribution in [2.75, 3.05) is 12.4 Å². The molecule has 0 aliphatic heterocycles. The van der Waals surface area contributed by atoms with E-state index in [1.807, 2.05) is 6.92 Å². The van der Waals surface area contributed by atoms with Crippen LogP contribution in [0.5, 0.6) is 0 Å². The van der Waals surface area contributed by atoms with Gasteiger partial charge in [-0.3, -0.25) is 5.32 Å². The smallest absolute Gasteiger partial charge is 0.413 e. The Morgan fingerprint density at radius 3 is 2.87 bits per heavy atom. The van der Waals surface area contributed by atoms with Crippen molar-refractivity contribution in [3.05, 3.63) is 5.01 Å². The molecule has 0 aliphatic carbocycles. The van der Waals surface area contributed by atoms with E-state index in [9.17, 15) is 4.79 Å². The van der Waals surface area contributed by atoms with Gasteiger partial charge in [-0.1, -0.05) is 18.3 Å². The van der Waals surface area contributed by atoms with Gasteiger partial charge in [0.2, 0.25) is 5.13 Å². The average Bonchev–Trinajstić information content (AvgIpc) is 2.65. The van der Waals surface area contributed by atoms with Crippen LogP contribution in [0.1, 0.15) is 11.9 Å². The van der Waals surface area contributed by atoms with Crippen LogP contribution in [0.2, 0.25) is 0 Å². The minimum absolute atomic E-state index is 0.139. The minimum atomic E-state index is -0.618. The number of alkyl carbamates (subject to hydrolysis) is 1. The summed E-state index contributed by atoms with van der Waals surface area (Å²) >= 11 is 6.22. The molecule has 1 rings (SSSR count). The highest BCUT2D eigenvalue weighted by Crippen LogP contribution is 2.14. The lowest BCUT2D eigenvalue weighted by Crippen LogP contribution is -2.33. The molecule has 1 heterocycles. The van der Waals surface area contributed by atoms with E-state index in [1.165, 1.54) is 18.4 Å². The summed E-state index contributed by atoms with van der Waals surface area (Å²) < 4.78 is 4.37. The molecule has 82 valence electrons. The molecule has 0 radical (unpaired) electrons. The monoisotopic (exact) mass is 246 g/mol. The van der Waals surface area contributed by atoms with Gasteiger partial charge in [-0.15, -0.1) is 10.2 Å². The summed E-state index contributed by atoms with van der Waals surface area (Å²) in [6, 6.07) is 0. The predicted octanol–water partition coefficient (Wildman–Crippen LogP) is 1.15. The molecule has 1 aromatic heterocycles. The van der Waals surface area contributed by atoms with Crippen LogP contribution in [-0.4, -0.2) is 28.5 Å². The largest absolute Gasteiger partial charge is 0.453 e. The molecule has 8 heteroatoms. The first kappa shape index (κ1) is 11.8. The summed E-state index contributed by atoms with van der Waals surface area (Å²) in [5.41, 5.74) is 0. The number of ether oxygens (including phenoxy) is 1. The zero-order chi connectivity index (χ0) is 11.3.